The zero-order valence-electron chi connectivity index (χ0n) is 14.4. The van der Waals surface area contributed by atoms with Crippen LogP contribution in [-0.4, -0.2) is 22.8 Å². The topological polar surface area (TPSA) is 70.1 Å². The highest BCUT2D eigenvalue weighted by molar-refractivity contribution is 7.80. The molecule has 0 unspecified atom stereocenters. The fraction of sp³-hybridized carbons (Fsp3) is 0.111. The predicted molar refractivity (Wildman–Crippen MR) is 112 cm³/mol. The molecule has 2 N–H and O–H groups in total. The Balaban J connectivity index is 0.000000223. The fourth-order valence-electron chi connectivity index (χ4n) is 2.18. The van der Waals surface area contributed by atoms with Crippen molar-refractivity contribution in [2.75, 3.05) is 7.11 Å². The Morgan fingerprint density at radius 1 is 1.11 bits per heavy atom. The molecule has 0 aliphatic heterocycles. The molecule has 1 amide bonds. The second kappa shape index (κ2) is 9.37. The lowest BCUT2D eigenvalue weighted by atomic mass is 10.1. The van der Waals surface area contributed by atoms with Crippen LogP contribution in [-0.2, 0) is 7.05 Å². The highest BCUT2D eigenvalue weighted by atomic mass is 35.5. The number of aryl methyl sites for hydroxylation is 1. The summed E-state index contributed by atoms with van der Waals surface area (Å²) >= 11 is 21.6. The Bertz CT molecular complexity index is 956. The standard InChI is InChI=1S/C11H9Cl2N3O.C7H7ClOS/c1-16-10(5-9(15-16)11(14)17)6-2-7(12)4-8(13)3-6;1-9-5-2-3-6(8)7(10)4-5/h2-5H,1H3,(H2,14,17);2-4,10H,1H3. The van der Waals surface area contributed by atoms with Gasteiger partial charge in [-0.2, -0.15) is 5.10 Å². The monoisotopic (exact) mass is 443 g/mol. The molecule has 27 heavy (non-hydrogen) atoms. The molecule has 0 aliphatic carbocycles. The van der Waals surface area contributed by atoms with Crippen LogP contribution in [0.2, 0.25) is 15.1 Å². The van der Waals surface area contributed by atoms with Crippen LogP contribution in [0.25, 0.3) is 11.3 Å². The van der Waals surface area contributed by atoms with E-state index < -0.39 is 5.91 Å². The Morgan fingerprint density at radius 3 is 2.22 bits per heavy atom. The van der Waals surface area contributed by atoms with Crippen molar-refractivity contribution in [1.29, 1.82) is 0 Å². The van der Waals surface area contributed by atoms with Gasteiger partial charge >= 0.3 is 0 Å². The summed E-state index contributed by atoms with van der Waals surface area (Å²) in [4.78, 5) is 11.8. The van der Waals surface area contributed by atoms with Crippen molar-refractivity contribution in [3.63, 3.8) is 0 Å². The second-order valence-corrected chi connectivity index (χ2v) is 7.14. The highest BCUT2D eigenvalue weighted by Gasteiger charge is 2.12. The third-order valence-corrected chi connectivity index (χ3v) is 4.71. The van der Waals surface area contributed by atoms with E-state index in [0.29, 0.717) is 15.1 Å². The number of primary amides is 1. The van der Waals surface area contributed by atoms with E-state index in [4.69, 9.17) is 45.3 Å². The summed E-state index contributed by atoms with van der Waals surface area (Å²) in [6, 6.07) is 12.0. The molecule has 0 fully saturated rings. The summed E-state index contributed by atoms with van der Waals surface area (Å²) in [7, 11) is 3.33. The molecule has 142 valence electrons. The normalized spacial score (nSPS) is 10.1. The molecule has 9 heteroatoms. The van der Waals surface area contributed by atoms with Gasteiger partial charge in [-0.1, -0.05) is 34.8 Å². The van der Waals surface area contributed by atoms with Gasteiger partial charge in [-0.25, -0.2) is 0 Å². The molecule has 0 radical (unpaired) electrons. The van der Waals surface area contributed by atoms with Gasteiger partial charge in [-0.05, 0) is 42.5 Å². The van der Waals surface area contributed by atoms with Crippen LogP contribution < -0.4 is 10.5 Å². The maximum absolute atomic E-state index is 11.0. The van der Waals surface area contributed by atoms with Gasteiger partial charge in [0.2, 0.25) is 0 Å². The first-order valence-electron chi connectivity index (χ1n) is 7.54. The number of benzene rings is 2. The van der Waals surface area contributed by atoms with Crippen molar-refractivity contribution < 1.29 is 9.53 Å². The quantitative estimate of drug-likeness (QED) is 0.550. The van der Waals surface area contributed by atoms with E-state index in [1.165, 1.54) is 0 Å². The third kappa shape index (κ3) is 5.81. The Morgan fingerprint density at radius 2 is 1.74 bits per heavy atom. The molecular weight excluding hydrogens is 429 g/mol. The number of amides is 1. The average Bonchev–Trinajstić information content (AvgIpc) is 2.99. The first kappa shape index (κ1) is 21.4. The Hall–Kier alpha value is -1.86. The molecule has 0 saturated carbocycles. The molecule has 0 atom stereocenters. The van der Waals surface area contributed by atoms with Crippen LogP contribution in [0.5, 0.6) is 5.75 Å². The number of hydrogen-bond acceptors (Lipinski definition) is 4. The Kier molecular flexibility index (Phi) is 7.44. The molecule has 1 aromatic heterocycles. The lowest BCUT2D eigenvalue weighted by Crippen LogP contribution is -2.11. The van der Waals surface area contributed by atoms with Crippen molar-refractivity contribution >= 4 is 53.3 Å². The lowest BCUT2D eigenvalue weighted by Gasteiger charge is -2.03. The van der Waals surface area contributed by atoms with E-state index in [1.807, 2.05) is 0 Å². The van der Waals surface area contributed by atoms with Gasteiger partial charge < -0.3 is 10.5 Å². The van der Waals surface area contributed by atoms with Crippen molar-refractivity contribution in [3.05, 3.63) is 63.2 Å². The largest absolute Gasteiger partial charge is 0.497 e. The van der Waals surface area contributed by atoms with Crippen molar-refractivity contribution in [1.82, 2.24) is 9.78 Å². The number of methoxy groups -OCH3 is 1. The number of rotatable bonds is 3. The highest BCUT2D eigenvalue weighted by Crippen LogP contribution is 2.27. The minimum atomic E-state index is -0.569. The molecule has 2 aromatic carbocycles. The lowest BCUT2D eigenvalue weighted by molar-refractivity contribution is 0.0995. The summed E-state index contributed by atoms with van der Waals surface area (Å²) < 4.78 is 6.50. The summed E-state index contributed by atoms with van der Waals surface area (Å²) in [6.07, 6.45) is 0. The van der Waals surface area contributed by atoms with Crippen LogP contribution in [0.15, 0.2) is 47.4 Å². The SMILES string of the molecule is COc1ccc(Cl)c(S)c1.Cn1nc(C(N)=O)cc1-c1cc(Cl)cc(Cl)c1. The second-order valence-electron chi connectivity index (χ2n) is 5.38. The van der Waals surface area contributed by atoms with Gasteiger partial charge in [0, 0.05) is 27.6 Å². The number of ether oxygens (including phenoxy) is 1. The third-order valence-electron chi connectivity index (χ3n) is 3.44. The van der Waals surface area contributed by atoms with E-state index >= 15 is 0 Å². The van der Waals surface area contributed by atoms with E-state index in [-0.39, 0.29) is 5.69 Å². The number of nitrogens with two attached hydrogens (primary N) is 1. The van der Waals surface area contributed by atoms with Crippen molar-refractivity contribution in [2.24, 2.45) is 12.8 Å². The van der Waals surface area contributed by atoms with Gasteiger partial charge in [0.05, 0.1) is 17.8 Å². The van der Waals surface area contributed by atoms with Crippen molar-refractivity contribution in [3.8, 4) is 17.0 Å². The minimum Gasteiger partial charge on any atom is -0.497 e. The Labute approximate surface area is 177 Å². The van der Waals surface area contributed by atoms with Gasteiger partial charge in [0.15, 0.2) is 5.69 Å². The van der Waals surface area contributed by atoms with Crippen LogP contribution >= 0.6 is 47.4 Å². The number of nitrogens with zero attached hydrogens (tertiary/aromatic N) is 2. The van der Waals surface area contributed by atoms with Crippen molar-refractivity contribution in [2.45, 2.75) is 4.90 Å². The van der Waals surface area contributed by atoms with Gasteiger partial charge in [0.25, 0.3) is 5.91 Å². The van der Waals surface area contributed by atoms with Crippen LogP contribution in [0.1, 0.15) is 10.5 Å². The zero-order valence-corrected chi connectivity index (χ0v) is 17.6. The number of thiol groups is 1. The first-order valence-corrected chi connectivity index (χ1v) is 9.12. The average molecular weight is 445 g/mol. The number of carbonyl (C=O) groups excluding carboxylic acids is 1. The van der Waals surface area contributed by atoms with Gasteiger partial charge in [0.1, 0.15) is 5.75 Å². The van der Waals surface area contributed by atoms with E-state index in [2.05, 4.69) is 17.7 Å². The molecular formula is C18H16Cl3N3O2S. The predicted octanol–water partition coefficient (Wildman–Crippen LogP) is 5.13. The van der Waals surface area contributed by atoms with Crippen LogP contribution in [0.4, 0.5) is 0 Å². The molecule has 0 saturated heterocycles. The number of aromatic nitrogens is 2. The van der Waals surface area contributed by atoms with Crippen LogP contribution in [0, 0.1) is 0 Å². The summed E-state index contributed by atoms with van der Waals surface area (Å²) in [6.45, 7) is 0. The number of halogens is 3. The summed E-state index contributed by atoms with van der Waals surface area (Å²) in [5.74, 6) is 0.203. The molecule has 0 aliphatic rings. The molecule has 5 nitrogen and oxygen atoms in total. The number of carbonyl (C=O) groups is 1. The fourth-order valence-corrected chi connectivity index (χ4v) is 3.02. The maximum Gasteiger partial charge on any atom is 0.269 e. The summed E-state index contributed by atoms with van der Waals surface area (Å²) in [5.41, 5.74) is 6.88. The maximum atomic E-state index is 11.0. The molecule has 3 aromatic rings. The summed E-state index contributed by atoms with van der Waals surface area (Å²) in [5, 5.41) is 5.69. The van der Waals surface area contributed by atoms with E-state index in [1.54, 1.807) is 61.3 Å². The van der Waals surface area contributed by atoms with E-state index in [0.717, 1.165) is 21.9 Å². The minimum absolute atomic E-state index is 0.207. The van der Waals surface area contributed by atoms with Gasteiger partial charge in [-0.3, -0.25) is 9.48 Å². The molecule has 3 rings (SSSR count). The number of hydrogen-bond donors (Lipinski definition) is 2. The first-order chi connectivity index (χ1) is 12.7. The molecule has 0 bridgehead atoms. The van der Waals surface area contributed by atoms with Crippen LogP contribution in [0.3, 0.4) is 0 Å². The van der Waals surface area contributed by atoms with E-state index in [9.17, 15) is 4.79 Å². The molecule has 1 heterocycles. The zero-order chi connectivity index (χ0) is 20.1. The smallest absolute Gasteiger partial charge is 0.269 e. The van der Waals surface area contributed by atoms with Gasteiger partial charge in [-0.15, -0.1) is 12.6 Å². The molecule has 0 spiro atoms.